The van der Waals surface area contributed by atoms with E-state index < -0.39 is 11.6 Å². The third-order valence-corrected chi connectivity index (χ3v) is 2.68. The number of halogens is 3. The van der Waals surface area contributed by atoms with Gasteiger partial charge in [-0.1, -0.05) is 29.3 Å². The molecule has 0 atom stereocenters. The molecule has 1 aromatic rings. The molecule has 0 saturated heterocycles. The van der Waals surface area contributed by atoms with Crippen LogP contribution in [0, 0.1) is 5.82 Å². The monoisotopic (exact) mass is 277 g/mol. The highest BCUT2D eigenvalue weighted by molar-refractivity contribution is 6.33. The number of rotatable bonds is 3. The lowest BCUT2D eigenvalue weighted by molar-refractivity contribution is -0.113. The first-order chi connectivity index (χ1) is 7.86. The third kappa shape index (κ3) is 2.88. The number of allylic oxidation sites excluding steroid dienone is 1. The van der Waals surface area contributed by atoms with Gasteiger partial charge in [0.2, 0.25) is 0 Å². The predicted molar refractivity (Wildman–Crippen MR) is 65.8 cm³/mol. The number of nitrogens with zero attached hydrogens (tertiary/aromatic N) is 1. The van der Waals surface area contributed by atoms with Crippen LogP contribution in [-0.4, -0.2) is 5.78 Å². The first-order valence-electron chi connectivity index (χ1n) is 4.51. The van der Waals surface area contributed by atoms with E-state index in [1.165, 1.54) is 25.1 Å². The number of Topliss-reactive ketones (excluding diaryl/α,β-unsaturated/α-hetero) is 1. The quantitative estimate of drug-likeness (QED) is 0.384. The third-order valence-electron chi connectivity index (χ3n) is 2.00. The Morgan fingerprint density at radius 1 is 1.47 bits per heavy atom. The Bertz CT molecular complexity index is 490. The molecule has 0 fully saturated rings. The number of carbonyl (C=O) groups is 1. The van der Waals surface area contributed by atoms with Crippen molar-refractivity contribution in [2.75, 3.05) is 5.01 Å². The number of nitrogens with two attached hydrogens (primary N) is 2. The highest BCUT2D eigenvalue weighted by Gasteiger charge is 2.17. The molecule has 1 aromatic carbocycles. The number of carbonyl (C=O) groups excluding carboxylic acids is 1. The lowest BCUT2D eigenvalue weighted by atomic mass is 10.3. The van der Waals surface area contributed by atoms with Gasteiger partial charge in [0.15, 0.2) is 16.8 Å². The predicted octanol–water partition coefficient (Wildman–Crippen LogP) is 2.11. The zero-order valence-corrected chi connectivity index (χ0v) is 10.4. The smallest absolute Gasteiger partial charge is 0.178 e. The zero-order valence-electron chi connectivity index (χ0n) is 8.88. The van der Waals surface area contributed by atoms with Crippen molar-refractivity contribution >= 4 is 34.7 Å². The van der Waals surface area contributed by atoms with E-state index in [1.54, 1.807) is 0 Å². The Morgan fingerprint density at radius 2 is 2.06 bits per heavy atom. The second-order valence-corrected chi connectivity index (χ2v) is 3.97. The number of anilines is 1. The second kappa shape index (κ2) is 5.35. The SMILES string of the molecule is CC(=O)/C(N)=C(\Cl)N(N)c1cccc(Cl)c1F. The molecule has 0 bridgehead atoms. The molecule has 0 spiro atoms. The highest BCUT2D eigenvalue weighted by atomic mass is 35.5. The molecule has 4 N–H and O–H groups in total. The van der Waals surface area contributed by atoms with Crippen molar-refractivity contribution < 1.29 is 9.18 Å². The minimum Gasteiger partial charge on any atom is -0.393 e. The molecule has 1 rings (SSSR count). The Kier molecular flexibility index (Phi) is 4.34. The summed E-state index contributed by atoms with van der Waals surface area (Å²) in [6.07, 6.45) is 0. The van der Waals surface area contributed by atoms with Gasteiger partial charge in [0.1, 0.15) is 5.70 Å². The molecule has 92 valence electrons. The molecule has 0 radical (unpaired) electrons. The van der Waals surface area contributed by atoms with Crippen LogP contribution >= 0.6 is 23.2 Å². The summed E-state index contributed by atoms with van der Waals surface area (Å²) >= 11 is 11.4. The zero-order chi connectivity index (χ0) is 13.2. The van der Waals surface area contributed by atoms with Gasteiger partial charge in [-0.05, 0) is 12.1 Å². The largest absolute Gasteiger partial charge is 0.393 e. The van der Waals surface area contributed by atoms with Crippen molar-refractivity contribution in [1.82, 2.24) is 0 Å². The summed E-state index contributed by atoms with van der Waals surface area (Å²) in [5, 5.41) is 0.391. The van der Waals surface area contributed by atoms with Crippen molar-refractivity contribution in [3.8, 4) is 0 Å². The van der Waals surface area contributed by atoms with Gasteiger partial charge in [0.05, 0.1) is 10.7 Å². The van der Waals surface area contributed by atoms with Crippen LogP contribution in [0.1, 0.15) is 6.92 Å². The number of hydrogen-bond acceptors (Lipinski definition) is 4. The van der Waals surface area contributed by atoms with E-state index in [9.17, 15) is 9.18 Å². The van der Waals surface area contributed by atoms with E-state index in [2.05, 4.69) is 0 Å². The molecule has 0 aliphatic heterocycles. The van der Waals surface area contributed by atoms with Crippen molar-refractivity contribution in [2.45, 2.75) is 6.92 Å². The van der Waals surface area contributed by atoms with Gasteiger partial charge in [-0.3, -0.25) is 9.80 Å². The van der Waals surface area contributed by atoms with Gasteiger partial charge in [-0.25, -0.2) is 10.2 Å². The molecule has 0 unspecified atom stereocenters. The summed E-state index contributed by atoms with van der Waals surface area (Å²) in [6, 6.07) is 4.21. The van der Waals surface area contributed by atoms with Crippen LogP contribution < -0.4 is 16.6 Å². The van der Waals surface area contributed by atoms with Gasteiger partial charge >= 0.3 is 0 Å². The molecule has 0 aliphatic carbocycles. The van der Waals surface area contributed by atoms with Gasteiger partial charge in [-0.2, -0.15) is 0 Å². The molecule has 17 heavy (non-hydrogen) atoms. The van der Waals surface area contributed by atoms with Crippen LogP contribution in [0.4, 0.5) is 10.1 Å². The number of benzene rings is 1. The molecule has 0 aliphatic rings. The maximum Gasteiger partial charge on any atom is 0.178 e. The summed E-state index contributed by atoms with van der Waals surface area (Å²) in [6.45, 7) is 1.22. The first kappa shape index (κ1) is 13.8. The molecule has 0 amide bonds. The van der Waals surface area contributed by atoms with E-state index >= 15 is 0 Å². The van der Waals surface area contributed by atoms with Crippen LogP contribution in [0.15, 0.2) is 29.1 Å². The van der Waals surface area contributed by atoms with Crippen molar-refractivity contribution in [1.29, 1.82) is 0 Å². The van der Waals surface area contributed by atoms with E-state index in [0.717, 1.165) is 5.01 Å². The minimum atomic E-state index is -0.744. The summed E-state index contributed by atoms with van der Waals surface area (Å²) in [5.41, 5.74) is 5.07. The fraction of sp³-hybridized carbons (Fsp3) is 0.100. The van der Waals surface area contributed by atoms with Crippen molar-refractivity contribution in [3.05, 3.63) is 39.9 Å². The Balaban J connectivity index is 3.22. The van der Waals surface area contributed by atoms with Crippen LogP contribution in [0.5, 0.6) is 0 Å². The first-order valence-corrected chi connectivity index (χ1v) is 5.27. The van der Waals surface area contributed by atoms with E-state index in [-0.39, 0.29) is 21.6 Å². The standard InChI is InChI=1S/C10H10Cl2FN3O/c1-5(17)9(14)10(12)16(15)7-4-2-3-6(11)8(7)13/h2-4H,14-15H2,1H3/b10-9-. The maximum atomic E-state index is 13.6. The molecular weight excluding hydrogens is 268 g/mol. The van der Waals surface area contributed by atoms with Gasteiger partial charge < -0.3 is 5.73 Å². The molecule has 7 heteroatoms. The van der Waals surface area contributed by atoms with Crippen LogP contribution in [0.3, 0.4) is 0 Å². The van der Waals surface area contributed by atoms with Gasteiger partial charge in [0, 0.05) is 6.92 Å². The van der Waals surface area contributed by atoms with E-state index in [0.29, 0.717) is 0 Å². The van der Waals surface area contributed by atoms with Gasteiger partial charge in [-0.15, -0.1) is 0 Å². The highest BCUT2D eigenvalue weighted by Crippen LogP contribution is 2.27. The van der Waals surface area contributed by atoms with Crippen molar-refractivity contribution in [3.63, 3.8) is 0 Å². The van der Waals surface area contributed by atoms with Crippen molar-refractivity contribution in [2.24, 2.45) is 11.6 Å². The summed E-state index contributed by atoms with van der Waals surface area (Å²) in [7, 11) is 0. The fourth-order valence-corrected chi connectivity index (χ4v) is 1.45. The number of ketones is 1. The van der Waals surface area contributed by atoms with Crippen LogP contribution in [0.25, 0.3) is 0 Å². The lowest BCUT2D eigenvalue weighted by Crippen LogP contribution is -2.32. The average Bonchev–Trinajstić information content (AvgIpc) is 2.29. The molecular formula is C10H10Cl2FN3O. The van der Waals surface area contributed by atoms with E-state index in [1.807, 2.05) is 0 Å². The normalized spacial score (nSPS) is 12.1. The Morgan fingerprint density at radius 3 is 2.59 bits per heavy atom. The number of hydrazine groups is 1. The number of hydrogen-bond donors (Lipinski definition) is 2. The molecule has 0 heterocycles. The molecule has 4 nitrogen and oxygen atoms in total. The summed E-state index contributed by atoms with van der Waals surface area (Å²) in [5.74, 6) is 4.35. The lowest BCUT2D eigenvalue weighted by Gasteiger charge is -2.19. The summed E-state index contributed by atoms with van der Waals surface area (Å²) < 4.78 is 13.6. The van der Waals surface area contributed by atoms with Gasteiger partial charge in [0.25, 0.3) is 0 Å². The Hall–Kier alpha value is -1.30. The topological polar surface area (TPSA) is 72.4 Å². The minimum absolute atomic E-state index is 0.0771. The average molecular weight is 278 g/mol. The maximum absolute atomic E-state index is 13.6. The van der Waals surface area contributed by atoms with Crippen LogP contribution in [0.2, 0.25) is 5.02 Å². The fourth-order valence-electron chi connectivity index (χ4n) is 1.06. The van der Waals surface area contributed by atoms with Crippen LogP contribution in [-0.2, 0) is 4.79 Å². The Labute approximate surface area is 108 Å². The molecule has 0 aromatic heterocycles. The second-order valence-electron chi connectivity index (χ2n) is 3.20. The molecule has 0 saturated carbocycles. The summed E-state index contributed by atoms with van der Waals surface area (Å²) in [4.78, 5) is 11.0. The van der Waals surface area contributed by atoms with E-state index in [4.69, 9.17) is 34.8 Å².